The standard InChI is InChI=1S/C18H13F3N2O2S/c19-18(20,21)15-9-14(10-26-15)25-16-3-1-2-13(23-16)8-11-4-6-12(7-5-11)17(22)24/h1-7,9-10H,8H2,(H2,22,24). The molecule has 4 nitrogen and oxygen atoms in total. The highest BCUT2D eigenvalue weighted by Gasteiger charge is 2.32. The van der Waals surface area contributed by atoms with Crippen LogP contribution in [0, 0.1) is 0 Å². The maximum Gasteiger partial charge on any atom is 0.425 e. The molecular weight excluding hydrogens is 365 g/mol. The number of aromatic nitrogens is 1. The Bertz CT molecular complexity index is 921. The summed E-state index contributed by atoms with van der Waals surface area (Å²) in [6.45, 7) is 0. The zero-order valence-electron chi connectivity index (χ0n) is 13.3. The van der Waals surface area contributed by atoms with Gasteiger partial charge in [-0.1, -0.05) is 18.2 Å². The number of benzene rings is 1. The molecule has 0 saturated heterocycles. The fraction of sp³-hybridized carbons (Fsp3) is 0.111. The second-order valence-electron chi connectivity index (χ2n) is 5.45. The van der Waals surface area contributed by atoms with Crippen LogP contribution < -0.4 is 10.5 Å². The van der Waals surface area contributed by atoms with Gasteiger partial charge in [0.25, 0.3) is 0 Å². The first-order valence-electron chi connectivity index (χ1n) is 7.49. The van der Waals surface area contributed by atoms with Crippen molar-refractivity contribution < 1.29 is 22.7 Å². The lowest BCUT2D eigenvalue weighted by Gasteiger charge is -2.06. The summed E-state index contributed by atoms with van der Waals surface area (Å²) in [4.78, 5) is 14.7. The number of pyridine rings is 1. The number of amides is 1. The fourth-order valence-electron chi connectivity index (χ4n) is 2.25. The van der Waals surface area contributed by atoms with Crippen LogP contribution in [0.2, 0.25) is 0 Å². The Kier molecular flexibility index (Phi) is 4.94. The molecule has 0 aliphatic carbocycles. The van der Waals surface area contributed by atoms with E-state index in [9.17, 15) is 18.0 Å². The average molecular weight is 378 g/mol. The molecule has 1 aromatic carbocycles. The molecule has 0 atom stereocenters. The van der Waals surface area contributed by atoms with Crippen molar-refractivity contribution in [2.24, 2.45) is 5.73 Å². The van der Waals surface area contributed by atoms with Crippen LogP contribution in [0.25, 0.3) is 0 Å². The van der Waals surface area contributed by atoms with E-state index in [4.69, 9.17) is 10.5 Å². The van der Waals surface area contributed by atoms with Crippen LogP contribution >= 0.6 is 11.3 Å². The van der Waals surface area contributed by atoms with Crippen LogP contribution in [-0.4, -0.2) is 10.9 Å². The van der Waals surface area contributed by atoms with Crippen LogP contribution in [0.4, 0.5) is 13.2 Å². The topological polar surface area (TPSA) is 65.2 Å². The molecule has 8 heteroatoms. The third kappa shape index (κ3) is 4.40. The molecule has 134 valence electrons. The van der Waals surface area contributed by atoms with E-state index in [0.29, 0.717) is 29.0 Å². The number of hydrogen-bond acceptors (Lipinski definition) is 4. The minimum absolute atomic E-state index is 0.0952. The summed E-state index contributed by atoms with van der Waals surface area (Å²) in [6.07, 6.45) is -3.91. The van der Waals surface area contributed by atoms with Gasteiger partial charge in [0.2, 0.25) is 11.8 Å². The van der Waals surface area contributed by atoms with Gasteiger partial charge >= 0.3 is 6.18 Å². The number of hydrogen-bond donors (Lipinski definition) is 1. The predicted octanol–water partition coefficient (Wildman–Crippen LogP) is 4.64. The second kappa shape index (κ2) is 7.17. The summed E-state index contributed by atoms with van der Waals surface area (Å²) >= 11 is 0.571. The van der Waals surface area contributed by atoms with Gasteiger partial charge < -0.3 is 10.5 Å². The van der Waals surface area contributed by atoms with E-state index in [1.807, 2.05) is 0 Å². The average Bonchev–Trinajstić information content (AvgIpc) is 3.04. The van der Waals surface area contributed by atoms with E-state index in [0.717, 1.165) is 11.6 Å². The van der Waals surface area contributed by atoms with Crippen molar-refractivity contribution in [2.45, 2.75) is 12.6 Å². The van der Waals surface area contributed by atoms with Crippen molar-refractivity contribution in [3.05, 3.63) is 75.6 Å². The lowest BCUT2D eigenvalue weighted by molar-refractivity contribution is -0.134. The number of halogens is 3. The van der Waals surface area contributed by atoms with Crippen molar-refractivity contribution in [1.82, 2.24) is 4.98 Å². The second-order valence-corrected chi connectivity index (χ2v) is 6.36. The van der Waals surface area contributed by atoms with E-state index in [2.05, 4.69) is 4.98 Å². The quantitative estimate of drug-likeness (QED) is 0.703. The first-order valence-corrected chi connectivity index (χ1v) is 8.37. The SMILES string of the molecule is NC(=O)c1ccc(Cc2cccc(Oc3csc(C(F)(F)F)c3)n2)cc1. The van der Waals surface area contributed by atoms with E-state index >= 15 is 0 Å². The Morgan fingerprint density at radius 1 is 1.15 bits per heavy atom. The highest BCUT2D eigenvalue weighted by Crippen LogP contribution is 2.37. The minimum Gasteiger partial charge on any atom is -0.438 e. The first-order chi connectivity index (χ1) is 12.3. The summed E-state index contributed by atoms with van der Waals surface area (Å²) < 4.78 is 43.3. The molecule has 2 N–H and O–H groups in total. The molecule has 3 aromatic rings. The Morgan fingerprint density at radius 3 is 2.50 bits per heavy atom. The smallest absolute Gasteiger partial charge is 0.425 e. The van der Waals surface area contributed by atoms with Crippen LogP contribution in [0.1, 0.15) is 26.5 Å². The molecule has 0 spiro atoms. The maximum absolute atomic E-state index is 12.6. The van der Waals surface area contributed by atoms with Gasteiger partial charge in [-0.15, -0.1) is 11.3 Å². The van der Waals surface area contributed by atoms with Crippen molar-refractivity contribution in [3.63, 3.8) is 0 Å². The molecule has 0 radical (unpaired) electrons. The lowest BCUT2D eigenvalue weighted by atomic mass is 10.1. The first kappa shape index (κ1) is 17.9. The van der Waals surface area contributed by atoms with Crippen molar-refractivity contribution in [1.29, 1.82) is 0 Å². The monoisotopic (exact) mass is 378 g/mol. The Labute approximate surface area is 151 Å². The largest absolute Gasteiger partial charge is 0.438 e. The highest BCUT2D eigenvalue weighted by atomic mass is 32.1. The van der Waals surface area contributed by atoms with Gasteiger partial charge in [0.1, 0.15) is 10.6 Å². The number of thiophene rings is 1. The molecule has 0 fully saturated rings. The van der Waals surface area contributed by atoms with Gasteiger partial charge in [0.15, 0.2) is 0 Å². The molecule has 0 bridgehead atoms. The molecule has 0 unspecified atom stereocenters. The molecule has 0 aliphatic rings. The molecule has 26 heavy (non-hydrogen) atoms. The summed E-state index contributed by atoms with van der Waals surface area (Å²) in [6, 6.07) is 12.8. The molecule has 2 aromatic heterocycles. The summed E-state index contributed by atoms with van der Waals surface area (Å²) in [5.74, 6) is -0.195. The third-order valence-corrected chi connectivity index (χ3v) is 4.44. The maximum atomic E-state index is 12.6. The number of alkyl halides is 3. The zero-order chi connectivity index (χ0) is 18.7. The molecule has 0 aliphatic heterocycles. The molecule has 3 rings (SSSR count). The number of rotatable bonds is 5. The number of primary amides is 1. The Hall–Kier alpha value is -2.87. The van der Waals surface area contributed by atoms with Gasteiger partial charge in [-0.3, -0.25) is 4.79 Å². The van der Waals surface area contributed by atoms with Crippen LogP contribution in [0.5, 0.6) is 11.6 Å². The number of carbonyl (C=O) groups excluding carboxylic acids is 1. The van der Waals surface area contributed by atoms with Gasteiger partial charge in [0.05, 0.1) is 0 Å². The number of nitrogens with two attached hydrogens (primary N) is 1. The highest BCUT2D eigenvalue weighted by molar-refractivity contribution is 7.10. The summed E-state index contributed by atoms with van der Waals surface area (Å²) in [7, 11) is 0. The summed E-state index contributed by atoms with van der Waals surface area (Å²) in [5.41, 5.74) is 7.21. The van der Waals surface area contributed by atoms with Crippen molar-refractivity contribution >= 4 is 17.2 Å². The molecular formula is C18H13F3N2O2S. The molecule has 0 saturated carbocycles. The Balaban J connectivity index is 1.72. The van der Waals surface area contributed by atoms with Crippen LogP contribution in [0.15, 0.2) is 53.9 Å². The third-order valence-electron chi connectivity index (χ3n) is 3.48. The molecule has 2 heterocycles. The Morgan fingerprint density at radius 2 is 1.88 bits per heavy atom. The normalized spacial score (nSPS) is 11.3. The van der Waals surface area contributed by atoms with Crippen molar-refractivity contribution in [3.8, 4) is 11.6 Å². The number of ether oxygens (including phenoxy) is 1. The zero-order valence-corrected chi connectivity index (χ0v) is 14.1. The summed E-state index contributed by atoms with van der Waals surface area (Å²) in [5, 5.41) is 1.29. The van der Waals surface area contributed by atoms with E-state index in [-0.39, 0.29) is 11.6 Å². The predicted molar refractivity (Wildman–Crippen MR) is 91.4 cm³/mol. The van der Waals surface area contributed by atoms with Gasteiger partial charge in [-0.25, -0.2) is 4.98 Å². The fourth-order valence-corrected chi connectivity index (χ4v) is 2.93. The lowest BCUT2D eigenvalue weighted by Crippen LogP contribution is -2.10. The number of nitrogens with zero attached hydrogens (tertiary/aromatic N) is 1. The van der Waals surface area contributed by atoms with Crippen LogP contribution in [-0.2, 0) is 12.6 Å². The van der Waals surface area contributed by atoms with E-state index in [1.165, 1.54) is 5.38 Å². The van der Waals surface area contributed by atoms with Crippen LogP contribution in [0.3, 0.4) is 0 Å². The van der Waals surface area contributed by atoms with E-state index in [1.54, 1.807) is 42.5 Å². The van der Waals surface area contributed by atoms with Gasteiger partial charge in [0, 0.05) is 35.2 Å². The number of carbonyl (C=O) groups is 1. The minimum atomic E-state index is -4.39. The van der Waals surface area contributed by atoms with E-state index < -0.39 is 17.0 Å². The van der Waals surface area contributed by atoms with Gasteiger partial charge in [-0.05, 0) is 23.8 Å². The van der Waals surface area contributed by atoms with Gasteiger partial charge in [-0.2, -0.15) is 13.2 Å². The molecule has 1 amide bonds. The van der Waals surface area contributed by atoms with Crippen molar-refractivity contribution in [2.75, 3.05) is 0 Å².